The van der Waals surface area contributed by atoms with Gasteiger partial charge >= 0.3 is 0 Å². The Hall–Kier alpha value is 0.0649. The minimum atomic E-state index is 0. The normalized spacial score (nSPS) is 12.0. The van der Waals surface area contributed by atoms with E-state index in [2.05, 4.69) is 41.5 Å². The molecule has 1 heteroatoms. The third-order valence-electron chi connectivity index (χ3n) is 1.92. The van der Waals surface area contributed by atoms with Gasteiger partial charge in [0.15, 0.2) is 0 Å². The summed E-state index contributed by atoms with van der Waals surface area (Å²) in [4.78, 5) is 0. The van der Waals surface area contributed by atoms with E-state index in [1.807, 2.05) is 0 Å². The summed E-state index contributed by atoms with van der Waals surface area (Å²) in [5.41, 5.74) is 0.544. The van der Waals surface area contributed by atoms with Gasteiger partial charge in [0.25, 0.3) is 0 Å². The second-order valence-corrected chi connectivity index (χ2v) is 5.36. The highest BCUT2D eigenvalue weighted by Crippen LogP contribution is 2.31. The lowest BCUT2D eigenvalue weighted by Gasteiger charge is -2.28. The van der Waals surface area contributed by atoms with Gasteiger partial charge < -0.3 is 0 Å². The van der Waals surface area contributed by atoms with Gasteiger partial charge in [-0.3, -0.25) is 0 Å². The minimum Gasteiger partial charge on any atom is -0.0628 e. The second kappa shape index (κ2) is 5.67. The van der Waals surface area contributed by atoms with Gasteiger partial charge in [0, 0.05) is 8.41 Å². The van der Waals surface area contributed by atoms with E-state index in [1.165, 1.54) is 12.8 Å². The minimum absolute atomic E-state index is 0. The molecule has 0 unspecified atom stereocenters. The molecule has 0 spiro atoms. The maximum Gasteiger partial charge on any atom is 0 e. The fourth-order valence-electron chi connectivity index (χ4n) is 2.29. The van der Waals surface area contributed by atoms with Crippen LogP contribution in [0.5, 0.6) is 0 Å². The van der Waals surface area contributed by atoms with E-state index in [1.54, 1.807) is 0 Å². The Morgan fingerprint density at radius 3 is 1.25 bits per heavy atom. The van der Waals surface area contributed by atoms with Crippen molar-refractivity contribution in [1.82, 2.24) is 0 Å². The van der Waals surface area contributed by atoms with Crippen molar-refractivity contribution in [2.24, 2.45) is 17.3 Å². The predicted molar refractivity (Wildman–Crippen MR) is 58.4 cm³/mol. The van der Waals surface area contributed by atoms with Crippen molar-refractivity contribution in [2.75, 3.05) is 0 Å². The highest BCUT2D eigenvalue weighted by molar-refractivity contribution is 5.75. The summed E-state index contributed by atoms with van der Waals surface area (Å²) in [5, 5.41) is 0. The van der Waals surface area contributed by atoms with E-state index in [0.717, 1.165) is 11.8 Å². The van der Waals surface area contributed by atoms with Crippen molar-refractivity contribution in [3.63, 3.8) is 0 Å². The fourth-order valence-corrected chi connectivity index (χ4v) is 2.29. The molecular formula is C11H24B. The summed E-state index contributed by atoms with van der Waals surface area (Å²) in [6.45, 7) is 14.0. The molecule has 0 aliphatic rings. The maximum atomic E-state index is 2.38. The molecule has 0 saturated carbocycles. The van der Waals surface area contributed by atoms with Crippen LogP contribution in [0, 0.1) is 17.3 Å². The van der Waals surface area contributed by atoms with Crippen molar-refractivity contribution >= 4 is 8.41 Å². The first-order valence-electron chi connectivity index (χ1n) is 4.83. The molecule has 0 saturated heterocycles. The SMILES string of the molecule is CC(C)CC(C)(C)CC(C)C.[B]. The Bertz CT molecular complexity index is 91.6. The standard InChI is InChI=1S/C11H24.B/c1-9(2)7-11(5,6)8-10(3)4;/h9-10H,7-8H2,1-6H3;. The van der Waals surface area contributed by atoms with Gasteiger partial charge in [0.2, 0.25) is 0 Å². The van der Waals surface area contributed by atoms with Gasteiger partial charge in [0.1, 0.15) is 0 Å². The molecule has 0 bridgehead atoms. The molecule has 0 amide bonds. The fraction of sp³-hybridized carbons (Fsp3) is 1.00. The summed E-state index contributed by atoms with van der Waals surface area (Å²) in [5.74, 6) is 1.67. The molecule has 0 heterocycles. The maximum absolute atomic E-state index is 2.38. The first-order chi connectivity index (χ1) is 4.83. The highest BCUT2D eigenvalue weighted by atomic mass is 14.3. The smallest absolute Gasteiger partial charge is 0 e. The summed E-state index contributed by atoms with van der Waals surface area (Å²) < 4.78 is 0. The van der Waals surface area contributed by atoms with Crippen LogP contribution in [0.1, 0.15) is 54.4 Å². The van der Waals surface area contributed by atoms with Crippen molar-refractivity contribution in [3.05, 3.63) is 0 Å². The van der Waals surface area contributed by atoms with Crippen molar-refractivity contribution in [2.45, 2.75) is 54.4 Å². The van der Waals surface area contributed by atoms with Crippen molar-refractivity contribution in [1.29, 1.82) is 0 Å². The molecule has 3 radical (unpaired) electrons. The zero-order valence-electron chi connectivity index (χ0n) is 9.65. The van der Waals surface area contributed by atoms with Crippen LogP contribution in [0.3, 0.4) is 0 Å². The third-order valence-corrected chi connectivity index (χ3v) is 1.92. The van der Waals surface area contributed by atoms with Crippen LogP contribution >= 0.6 is 0 Å². The van der Waals surface area contributed by atoms with E-state index >= 15 is 0 Å². The lowest BCUT2D eigenvalue weighted by molar-refractivity contribution is 0.233. The number of hydrogen-bond donors (Lipinski definition) is 0. The van der Waals surface area contributed by atoms with Crippen molar-refractivity contribution in [3.8, 4) is 0 Å². The lowest BCUT2D eigenvalue weighted by atomic mass is 9.78. The molecule has 0 N–H and O–H groups in total. The average Bonchev–Trinajstić information content (AvgIpc) is 1.53. The van der Waals surface area contributed by atoms with E-state index in [-0.39, 0.29) is 8.41 Å². The molecule has 71 valence electrons. The molecule has 0 aliphatic heterocycles. The van der Waals surface area contributed by atoms with Crippen LogP contribution in [0.25, 0.3) is 0 Å². The van der Waals surface area contributed by atoms with Crippen LogP contribution in [0.2, 0.25) is 0 Å². The molecule has 0 rings (SSSR count). The first kappa shape index (κ1) is 14.6. The van der Waals surface area contributed by atoms with Gasteiger partial charge in [0.05, 0.1) is 0 Å². The molecular weight excluding hydrogens is 143 g/mol. The van der Waals surface area contributed by atoms with E-state index in [0.29, 0.717) is 5.41 Å². The molecule has 0 aliphatic carbocycles. The summed E-state index contributed by atoms with van der Waals surface area (Å²) in [6, 6.07) is 0. The average molecular weight is 167 g/mol. The predicted octanol–water partition coefficient (Wildman–Crippen LogP) is 3.72. The van der Waals surface area contributed by atoms with E-state index in [9.17, 15) is 0 Å². The van der Waals surface area contributed by atoms with E-state index < -0.39 is 0 Å². The highest BCUT2D eigenvalue weighted by Gasteiger charge is 2.20. The Morgan fingerprint density at radius 1 is 0.833 bits per heavy atom. The van der Waals surface area contributed by atoms with Crippen LogP contribution in [-0.2, 0) is 0 Å². The molecule has 0 fully saturated rings. The number of rotatable bonds is 4. The molecule has 0 nitrogen and oxygen atoms in total. The molecule has 0 aromatic rings. The van der Waals surface area contributed by atoms with Crippen LogP contribution in [-0.4, -0.2) is 8.41 Å². The number of hydrogen-bond acceptors (Lipinski definition) is 0. The monoisotopic (exact) mass is 167 g/mol. The Balaban J connectivity index is 0. The Kier molecular flexibility index (Phi) is 6.89. The summed E-state index contributed by atoms with van der Waals surface area (Å²) in [6.07, 6.45) is 2.70. The topological polar surface area (TPSA) is 0 Å². The molecule has 0 atom stereocenters. The summed E-state index contributed by atoms with van der Waals surface area (Å²) in [7, 11) is 0. The zero-order valence-corrected chi connectivity index (χ0v) is 9.65. The first-order valence-corrected chi connectivity index (χ1v) is 4.83. The van der Waals surface area contributed by atoms with E-state index in [4.69, 9.17) is 0 Å². The van der Waals surface area contributed by atoms with Gasteiger partial charge in [-0.1, -0.05) is 41.5 Å². The quantitative estimate of drug-likeness (QED) is 0.559. The molecule has 0 aromatic carbocycles. The lowest BCUT2D eigenvalue weighted by Crippen LogP contribution is -2.16. The molecule has 12 heavy (non-hydrogen) atoms. The Labute approximate surface area is 80.7 Å². The van der Waals surface area contributed by atoms with Crippen LogP contribution in [0.4, 0.5) is 0 Å². The second-order valence-electron chi connectivity index (χ2n) is 5.36. The third kappa shape index (κ3) is 8.16. The van der Waals surface area contributed by atoms with Crippen LogP contribution in [0.15, 0.2) is 0 Å². The van der Waals surface area contributed by atoms with Gasteiger partial charge in [-0.2, -0.15) is 0 Å². The zero-order chi connectivity index (χ0) is 9.07. The summed E-state index contributed by atoms with van der Waals surface area (Å²) >= 11 is 0. The Morgan fingerprint density at radius 2 is 1.08 bits per heavy atom. The van der Waals surface area contributed by atoms with Gasteiger partial charge in [-0.25, -0.2) is 0 Å². The van der Waals surface area contributed by atoms with Crippen molar-refractivity contribution < 1.29 is 0 Å². The molecule has 0 aromatic heterocycles. The van der Waals surface area contributed by atoms with Gasteiger partial charge in [-0.15, -0.1) is 0 Å². The van der Waals surface area contributed by atoms with Gasteiger partial charge in [-0.05, 0) is 30.1 Å². The largest absolute Gasteiger partial charge is 0.0628 e. The van der Waals surface area contributed by atoms with Crippen LogP contribution < -0.4 is 0 Å².